The second-order valence-corrected chi connectivity index (χ2v) is 4.12. The van der Waals surface area contributed by atoms with Crippen LogP contribution in [0.1, 0.15) is 18.1 Å². The molecule has 0 N–H and O–H groups in total. The highest BCUT2D eigenvalue weighted by Crippen LogP contribution is 2.36. The summed E-state index contributed by atoms with van der Waals surface area (Å²) in [4.78, 5) is 26.3. The van der Waals surface area contributed by atoms with E-state index in [0.29, 0.717) is 18.5 Å². The van der Waals surface area contributed by atoms with Crippen molar-refractivity contribution in [2.45, 2.75) is 19.9 Å². The third-order valence-corrected chi connectivity index (χ3v) is 3.09. The van der Waals surface area contributed by atoms with Gasteiger partial charge in [0, 0.05) is 19.5 Å². The predicted octanol–water partition coefficient (Wildman–Crippen LogP) is 1.98. The van der Waals surface area contributed by atoms with E-state index in [1.165, 1.54) is 17.9 Å². The number of nitro groups is 1. The summed E-state index contributed by atoms with van der Waals surface area (Å²) in [6, 6.07) is 3.12. The Morgan fingerprint density at radius 1 is 1.56 bits per heavy atom. The Morgan fingerprint density at radius 2 is 2.28 bits per heavy atom. The van der Waals surface area contributed by atoms with Crippen LogP contribution in [0.15, 0.2) is 12.1 Å². The summed E-state index contributed by atoms with van der Waals surface area (Å²) in [6.07, 6.45) is 0.571. The second kappa shape index (κ2) is 4.41. The maximum absolute atomic E-state index is 11.3. The molecule has 7 nitrogen and oxygen atoms in total. The lowest BCUT2D eigenvalue weighted by Crippen LogP contribution is -2.34. The summed E-state index contributed by atoms with van der Waals surface area (Å²) in [5, 5.41) is 19.8. The first-order chi connectivity index (χ1) is 8.54. The van der Waals surface area contributed by atoms with E-state index in [-0.39, 0.29) is 23.8 Å². The highest BCUT2D eigenvalue weighted by Gasteiger charge is 2.34. The molecule has 1 amide bonds. The van der Waals surface area contributed by atoms with Crippen molar-refractivity contribution >= 4 is 17.3 Å². The lowest BCUT2D eigenvalue weighted by atomic mass is 9.97. The van der Waals surface area contributed by atoms with Gasteiger partial charge in [-0.3, -0.25) is 14.9 Å². The molecule has 0 fully saturated rings. The number of diazo groups is 1. The zero-order chi connectivity index (χ0) is 13.3. The van der Waals surface area contributed by atoms with E-state index in [1.807, 2.05) is 0 Å². The van der Waals surface area contributed by atoms with Crippen LogP contribution in [0.25, 0.3) is 4.98 Å². The minimum absolute atomic E-state index is 0.0795. The molecule has 1 aliphatic heterocycles. The quantitative estimate of drug-likeness (QED) is 0.431. The summed E-state index contributed by atoms with van der Waals surface area (Å²) < 4.78 is 0. The van der Waals surface area contributed by atoms with E-state index >= 15 is 0 Å². The molecule has 0 aliphatic carbocycles. The van der Waals surface area contributed by atoms with Gasteiger partial charge in [0.1, 0.15) is 0 Å². The van der Waals surface area contributed by atoms with Crippen LogP contribution >= 0.6 is 0 Å². The Kier molecular flexibility index (Phi) is 2.93. The van der Waals surface area contributed by atoms with Crippen LogP contribution in [0, 0.1) is 15.5 Å². The minimum atomic E-state index is -0.572. The molecule has 0 bridgehead atoms. The van der Waals surface area contributed by atoms with Crippen LogP contribution in [-0.2, 0) is 17.8 Å². The molecular weight excluding hydrogens is 236 g/mol. The smallest absolute Gasteiger partial charge is 0.338 e. The van der Waals surface area contributed by atoms with Crippen molar-refractivity contribution in [2.24, 2.45) is 0 Å². The first kappa shape index (κ1) is 12.0. The number of hydrogen-bond donors (Lipinski definition) is 0. The summed E-state index contributed by atoms with van der Waals surface area (Å²) in [5.41, 5.74) is 0.980. The van der Waals surface area contributed by atoms with Crippen molar-refractivity contribution in [1.82, 2.24) is 4.90 Å². The standard InChI is InChI=1S/C11H11N4O3/c1-7(16)14-5-4-8-2-3-10(13-12)11(15(17)18)9(8)6-14/h2-3H,4-6H2,1H3/q+1. The molecule has 0 unspecified atom stereocenters. The van der Waals surface area contributed by atoms with Crippen LogP contribution in [0.3, 0.4) is 0 Å². The van der Waals surface area contributed by atoms with Gasteiger partial charge in [-0.1, -0.05) is 6.07 Å². The molecule has 1 heterocycles. The van der Waals surface area contributed by atoms with Crippen LogP contribution in [0.4, 0.5) is 11.4 Å². The molecule has 2 rings (SSSR count). The molecule has 1 aliphatic rings. The highest BCUT2D eigenvalue weighted by molar-refractivity contribution is 5.75. The normalized spacial score (nSPS) is 13.7. The lowest BCUT2D eigenvalue weighted by Gasteiger charge is -2.26. The molecule has 7 heteroatoms. The van der Waals surface area contributed by atoms with Crippen molar-refractivity contribution in [2.75, 3.05) is 6.54 Å². The number of benzene rings is 1. The fourth-order valence-corrected chi connectivity index (χ4v) is 2.15. The van der Waals surface area contributed by atoms with Gasteiger partial charge in [0.2, 0.25) is 11.3 Å². The maximum Gasteiger partial charge on any atom is 0.461 e. The fourth-order valence-electron chi connectivity index (χ4n) is 2.15. The van der Waals surface area contributed by atoms with E-state index in [9.17, 15) is 14.9 Å². The summed E-state index contributed by atoms with van der Waals surface area (Å²) in [6.45, 7) is 2.16. The average Bonchev–Trinajstić information content (AvgIpc) is 2.36. The third kappa shape index (κ3) is 1.88. The van der Waals surface area contributed by atoms with Gasteiger partial charge in [-0.05, 0) is 12.0 Å². The van der Waals surface area contributed by atoms with Crippen LogP contribution in [-0.4, -0.2) is 22.3 Å². The van der Waals surface area contributed by atoms with Gasteiger partial charge >= 0.3 is 11.4 Å². The number of rotatable bonds is 1. The molecule has 0 spiro atoms. The van der Waals surface area contributed by atoms with E-state index in [0.717, 1.165) is 5.56 Å². The van der Waals surface area contributed by atoms with E-state index in [1.54, 1.807) is 6.07 Å². The van der Waals surface area contributed by atoms with Crippen molar-refractivity contribution in [3.63, 3.8) is 0 Å². The van der Waals surface area contributed by atoms with Crippen molar-refractivity contribution in [1.29, 1.82) is 5.39 Å². The molecule has 18 heavy (non-hydrogen) atoms. The van der Waals surface area contributed by atoms with Gasteiger partial charge in [0.15, 0.2) is 4.98 Å². The second-order valence-electron chi connectivity index (χ2n) is 4.12. The molecule has 0 saturated heterocycles. The Bertz CT molecular complexity index is 576. The number of hydrogen-bond acceptors (Lipinski definition) is 4. The molecule has 0 atom stereocenters. The summed E-state index contributed by atoms with van der Waals surface area (Å²) in [5.74, 6) is -0.124. The number of amides is 1. The van der Waals surface area contributed by atoms with Crippen LogP contribution < -0.4 is 0 Å². The summed E-state index contributed by atoms with van der Waals surface area (Å²) >= 11 is 0. The number of nitrogens with zero attached hydrogens (tertiary/aromatic N) is 4. The third-order valence-electron chi connectivity index (χ3n) is 3.09. The maximum atomic E-state index is 11.3. The zero-order valence-electron chi connectivity index (χ0n) is 9.79. The van der Waals surface area contributed by atoms with Gasteiger partial charge in [0.25, 0.3) is 0 Å². The highest BCUT2D eigenvalue weighted by atomic mass is 16.6. The summed E-state index contributed by atoms with van der Waals surface area (Å²) in [7, 11) is 0. The fraction of sp³-hybridized carbons (Fsp3) is 0.364. The van der Waals surface area contributed by atoms with E-state index in [2.05, 4.69) is 4.98 Å². The number of nitro benzene ring substituents is 1. The van der Waals surface area contributed by atoms with Gasteiger partial charge < -0.3 is 4.90 Å². The van der Waals surface area contributed by atoms with E-state index in [4.69, 9.17) is 5.39 Å². The first-order valence-electron chi connectivity index (χ1n) is 5.44. The Labute approximate surface area is 103 Å². The van der Waals surface area contributed by atoms with Crippen molar-refractivity contribution in [3.05, 3.63) is 38.3 Å². The minimum Gasteiger partial charge on any atom is -0.338 e. The number of carbonyl (C=O) groups is 1. The lowest BCUT2D eigenvalue weighted by molar-refractivity contribution is -0.384. The van der Waals surface area contributed by atoms with Gasteiger partial charge in [-0.2, -0.15) is 0 Å². The Balaban J connectivity index is 2.56. The van der Waals surface area contributed by atoms with Gasteiger partial charge in [-0.15, -0.1) is 0 Å². The molecule has 0 aromatic heterocycles. The first-order valence-corrected chi connectivity index (χ1v) is 5.44. The van der Waals surface area contributed by atoms with Crippen LogP contribution in [0.2, 0.25) is 0 Å². The van der Waals surface area contributed by atoms with Crippen molar-refractivity contribution in [3.8, 4) is 0 Å². The Hall–Kier alpha value is -2.49. The van der Waals surface area contributed by atoms with Crippen LogP contribution in [0.5, 0.6) is 0 Å². The largest absolute Gasteiger partial charge is 0.461 e. The average molecular weight is 247 g/mol. The molecule has 1 aromatic carbocycles. The van der Waals surface area contributed by atoms with Gasteiger partial charge in [-0.25, -0.2) is 0 Å². The van der Waals surface area contributed by atoms with Gasteiger partial charge in [0.05, 0.1) is 17.0 Å². The number of fused-ring (bicyclic) bond motifs is 1. The predicted molar refractivity (Wildman–Crippen MR) is 62.6 cm³/mol. The van der Waals surface area contributed by atoms with E-state index < -0.39 is 4.92 Å². The zero-order valence-corrected chi connectivity index (χ0v) is 9.79. The monoisotopic (exact) mass is 247 g/mol. The molecule has 92 valence electrons. The molecule has 1 aromatic rings. The Morgan fingerprint density at radius 3 is 2.83 bits per heavy atom. The molecule has 0 saturated carbocycles. The topological polar surface area (TPSA) is 91.6 Å². The molecule has 0 radical (unpaired) electrons. The number of carbonyl (C=O) groups excluding carboxylic acids is 1. The SMILES string of the molecule is CC(=O)N1CCc2ccc([N+]#N)c([N+](=O)[O-])c2C1. The van der Waals surface area contributed by atoms with Crippen molar-refractivity contribution < 1.29 is 9.72 Å². The molecular formula is C11H11N4O3+.